The lowest BCUT2D eigenvalue weighted by Crippen LogP contribution is -2.51. The van der Waals surface area contributed by atoms with E-state index in [0.717, 1.165) is 37.6 Å². The number of hydrogen-bond acceptors (Lipinski definition) is 6. The molecule has 1 unspecified atom stereocenters. The maximum absolute atomic E-state index is 13.1. The highest BCUT2D eigenvalue weighted by Gasteiger charge is 2.30. The summed E-state index contributed by atoms with van der Waals surface area (Å²) in [6.07, 6.45) is 0. The zero-order valence-corrected chi connectivity index (χ0v) is 17.7. The number of aryl methyl sites for hydroxylation is 1. The number of Topliss-reactive ketones (excluding diaryl/α,β-unsaturated/α-hetero) is 1. The molecule has 29 heavy (non-hydrogen) atoms. The Labute approximate surface area is 171 Å². The summed E-state index contributed by atoms with van der Waals surface area (Å²) in [5.74, 6) is 0.415. The van der Waals surface area contributed by atoms with Crippen LogP contribution in [-0.2, 0) is 4.74 Å². The Kier molecular flexibility index (Phi) is 6.27. The van der Waals surface area contributed by atoms with Crippen LogP contribution in [0.15, 0.2) is 24.3 Å². The highest BCUT2D eigenvalue weighted by atomic mass is 16.5. The number of piperazine rings is 1. The molecule has 1 aromatic carbocycles. The van der Waals surface area contributed by atoms with Crippen molar-refractivity contribution in [3.05, 3.63) is 46.8 Å². The van der Waals surface area contributed by atoms with Crippen molar-refractivity contribution in [2.45, 2.75) is 26.8 Å². The van der Waals surface area contributed by atoms with Gasteiger partial charge in [-0.15, -0.1) is 0 Å². The van der Waals surface area contributed by atoms with Crippen LogP contribution in [0, 0.1) is 13.8 Å². The maximum Gasteiger partial charge on any atom is 0.339 e. The van der Waals surface area contributed by atoms with Crippen molar-refractivity contribution in [1.29, 1.82) is 0 Å². The zero-order chi connectivity index (χ0) is 21.1. The molecular weight excluding hydrogens is 370 g/mol. The minimum absolute atomic E-state index is 0.00409. The van der Waals surface area contributed by atoms with E-state index in [1.54, 1.807) is 21.0 Å². The van der Waals surface area contributed by atoms with Gasteiger partial charge in [0.2, 0.25) is 0 Å². The molecule has 0 saturated carbocycles. The molecule has 1 aliphatic rings. The lowest BCUT2D eigenvalue weighted by atomic mass is 10.0. The second-order valence-electron chi connectivity index (χ2n) is 7.38. The highest BCUT2D eigenvalue weighted by molar-refractivity contribution is 6.03. The molecule has 1 atom stereocenters. The fourth-order valence-electron chi connectivity index (χ4n) is 3.95. The summed E-state index contributed by atoms with van der Waals surface area (Å²) in [5, 5.41) is 0. The number of H-pyrrole nitrogens is 1. The molecule has 2 aromatic rings. The summed E-state index contributed by atoms with van der Waals surface area (Å²) in [6.45, 7) is 8.74. The number of carbonyl (C=O) groups excluding carboxylic acids is 2. The van der Waals surface area contributed by atoms with Crippen molar-refractivity contribution < 1.29 is 19.1 Å². The van der Waals surface area contributed by atoms with Crippen LogP contribution in [0.3, 0.4) is 0 Å². The van der Waals surface area contributed by atoms with Crippen LogP contribution in [0.1, 0.15) is 39.0 Å². The van der Waals surface area contributed by atoms with Crippen LogP contribution in [-0.4, -0.2) is 68.1 Å². The van der Waals surface area contributed by atoms with Gasteiger partial charge in [-0.2, -0.15) is 0 Å². The van der Waals surface area contributed by atoms with Gasteiger partial charge in [0.25, 0.3) is 0 Å². The lowest BCUT2D eigenvalue weighted by Gasteiger charge is -2.38. The summed E-state index contributed by atoms with van der Waals surface area (Å²) in [5.41, 5.74) is 3.38. The Balaban J connectivity index is 1.68. The number of nitrogens with zero attached hydrogens (tertiary/aromatic N) is 2. The number of anilines is 1. The molecule has 0 amide bonds. The molecule has 7 heteroatoms. The van der Waals surface area contributed by atoms with Gasteiger partial charge in [0, 0.05) is 43.6 Å². The maximum atomic E-state index is 13.1. The van der Waals surface area contributed by atoms with Crippen molar-refractivity contribution in [2.75, 3.05) is 45.3 Å². The molecule has 1 aromatic heterocycles. The second-order valence-corrected chi connectivity index (χ2v) is 7.38. The van der Waals surface area contributed by atoms with Crippen LogP contribution < -0.4 is 9.64 Å². The van der Waals surface area contributed by atoms with Gasteiger partial charge in [-0.1, -0.05) is 6.07 Å². The standard InChI is InChI=1S/C22H29N3O4/c1-14-19(22(27)29-5)15(2)23-20(14)21(26)16(3)24-9-11-25(12-10-24)17-7-6-8-18(13-17)28-4/h6-8,13,16,23H,9-12H2,1-5H3. The third-order valence-electron chi connectivity index (χ3n) is 5.73. The fraction of sp³-hybridized carbons (Fsp3) is 0.455. The van der Waals surface area contributed by atoms with Gasteiger partial charge in [-0.3, -0.25) is 9.69 Å². The number of methoxy groups -OCH3 is 2. The molecule has 0 bridgehead atoms. The van der Waals surface area contributed by atoms with Crippen LogP contribution in [0.25, 0.3) is 0 Å². The first-order chi connectivity index (χ1) is 13.9. The fourth-order valence-corrected chi connectivity index (χ4v) is 3.95. The Bertz CT molecular complexity index is 897. The van der Waals surface area contributed by atoms with Crippen molar-refractivity contribution in [3.8, 4) is 5.75 Å². The van der Waals surface area contributed by atoms with Crippen molar-refractivity contribution in [1.82, 2.24) is 9.88 Å². The predicted molar refractivity (Wildman–Crippen MR) is 112 cm³/mol. The number of ketones is 1. The van der Waals surface area contributed by atoms with Crippen molar-refractivity contribution in [3.63, 3.8) is 0 Å². The average Bonchev–Trinajstić information content (AvgIpc) is 3.06. The number of ether oxygens (including phenoxy) is 2. The topological polar surface area (TPSA) is 74.9 Å². The lowest BCUT2D eigenvalue weighted by molar-refractivity contribution is 0.0599. The molecule has 1 fully saturated rings. The first-order valence-corrected chi connectivity index (χ1v) is 9.82. The number of esters is 1. The highest BCUT2D eigenvalue weighted by Crippen LogP contribution is 2.24. The van der Waals surface area contributed by atoms with Gasteiger partial charge in [0.05, 0.1) is 31.5 Å². The molecule has 1 N–H and O–H groups in total. The Morgan fingerprint density at radius 1 is 1.10 bits per heavy atom. The van der Waals surface area contributed by atoms with Crippen LogP contribution in [0.2, 0.25) is 0 Å². The summed E-state index contributed by atoms with van der Waals surface area (Å²) < 4.78 is 10.2. The van der Waals surface area contributed by atoms with Gasteiger partial charge in [0.15, 0.2) is 5.78 Å². The van der Waals surface area contributed by atoms with E-state index in [1.165, 1.54) is 7.11 Å². The third-order valence-corrected chi connectivity index (χ3v) is 5.73. The molecule has 7 nitrogen and oxygen atoms in total. The largest absolute Gasteiger partial charge is 0.497 e. The molecular formula is C22H29N3O4. The molecule has 1 saturated heterocycles. The number of hydrogen-bond donors (Lipinski definition) is 1. The number of nitrogens with one attached hydrogen (secondary N) is 1. The van der Waals surface area contributed by atoms with Crippen molar-refractivity contribution in [2.24, 2.45) is 0 Å². The molecule has 2 heterocycles. The Morgan fingerprint density at radius 3 is 2.41 bits per heavy atom. The number of aromatic nitrogens is 1. The number of benzene rings is 1. The van der Waals surface area contributed by atoms with E-state index in [9.17, 15) is 9.59 Å². The normalized spacial score (nSPS) is 15.8. The van der Waals surface area contributed by atoms with E-state index in [1.807, 2.05) is 25.1 Å². The van der Waals surface area contributed by atoms with Crippen molar-refractivity contribution >= 4 is 17.4 Å². The van der Waals surface area contributed by atoms with Gasteiger partial charge in [0.1, 0.15) is 5.75 Å². The number of aromatic amines is 1. The molecule has 156 valence electrons. The van der Waals surface area contributed by atoms with Gasteiger partial charge >= 0.3 is 5.97 Å². The van der Waals surface area contributed by atoms with E-state index in [4.69, 9.17) is 9.47 Å². The second kappa shape index (κ2) is 8.69. The van der Waals surface area contributed by atoms with Gasteiger partial charge in [-0.25, -0.2) is 4.79 Å². The van der Waals surface area contributed by atoms with Crippen LogP contribution >= 0.6 is 0 Å². The summed E-state index contributed by atoms with van der Waals surface area (Å²) in [4.78, 5) is 32.7. The van der Waals surface area contributed by atoms with E-state index < -0.39 is 5.97 Å². The third kappa shape index (κ3) is 4.15. The molecule has 3 rings (SSSR count). The summed E-state index contributed by atoms with van der Waals surface area (Å²) in [7, 11) is 3.01. The average molecular weight is 399 g/mol. The monoisotopic (exact) mass is 399 g/mol. The Morgan fingerprint density at radius 2 is 1.79 bits per heavy atom. The minimum Gasteiger partial charge on any atom is -0.497 e. The first kappa shape index (κ1) is 20.9. The van der Waals surface area contributed by atoms with E-state index in [0.29, 0.717) is 22.5 Å². The van der Waals surface area contributed by atoms with Crippen LogP contribution in [0.4, 0.5) is 5.69 Å². The SMILES string of the molecule is COC(=O)c1c(C)[nH]c(C(=O)C(C)N2CCN(c3cccc(OC)c3)CC2)c1C. The van der Waals surface area contributed by atoms with E-state index in [2.05, 4.69) is 20.9 Å². The summed E-state index contributed by atoms with van der Waals surface area (Å²) >= 11 is 0. The molecule has 1 aliphatic heterocycles. The molecule has 0 spiro atoms. The number of rotatable bonds is 6. The van der Waals surface area contributed by atoms with Crippen LogP contribution in [0.5, 0.6) is 5.75 Å². The predicted octanol–water partition coefficient (Wildman–Crippen LogP) is 2.82. The minimum atomic E-state index is -0.421. The zero-order valence-electron chi connectivity index (χ0n) is 17.7. The number of carbonyl (C=O) groups is 2. The van der Waals surface area contributed by atoms with E-state index in [-0.39, 0.29) is 11.8 Å². The quantitative estimate of drug-likeness (QED) is 0.595. The summed E-state index contributed by atoms with van der Waals surface area (Å²) in [6, 6.07) is 7.76. The Hall–Kier alpha value is -2.80. The first-order valence-electron chi connectivity index (χ1n) is 9.82. The smallest absolute Gasteiger partial charge is 0.339 e. The van der Waals surface area contributed by atoms with E-state index >= 15 is 0 Å². The molecule has 0 aliphatic carbocycles. The molecule has 0 radical (unpaired) electrons. The van der Waals surface area contributed by atoms with Gasteiger partial charge in [-0.05, 0) is 38.5 Å². The van der Waals surface area contributed by atoms with Gasteiger partial charge < -0.3 is 19.4 Å².